The van der Waals surface area contributed by atoms with Gasteiger partial charge in [-0.15, -0.1) is 11.3 Å². The van der Waals surface area contributed by atoms with Gasteiger partial charge in [0.15, 0.2) is 5.69 Å². The molecule has 100 valence electrons. The van der Waals surface area contributed by atoms with Gasteiger partial charge in [-0.2, -0.15) is 0 Å². The van der Waals surface area contributed by atoms with Gasteiger partial charge in [0.2, 0.25) is 0 Å². The van der Waals surface area contributed by atoms with E-state index in [-0.39, 0.29) is 5.91 Å². The van der Waals surface area contributed by atoms with Crippen molar-refractivity contribution in [1.29, 1.82) is 0 Å². The van der Waals surface area contributed by atoms with Gasteiger partial charge in [-0.3, -0.25) is 4.79 Å². The molecule has 1 amide bonds. The first-order valence-corrected chi connectivity index (χ1v) is 6.69. The first-order chi connectivity index (χ1) is 8.97. The van der Waals surface area contributed by atoms with E-state index in [1.807, 2.05) is 45.0 Å². The second-order valence-electron chi connectivity index (χ2n) is 4.40. The molecule has 0 aliphatic carbocycles. The van der Waals surface area contributed by atoms with E-state index < -0.39 is 0 Å². The first kappa shape index (κ1) is 13.5. The summed E-state index contributed by atoms with van der Waals surface area (Å²) >= 11 is 1.50. The van der Waals surface area contributed by atoms with Crippen LogP contribution in [0.3, 0.4) is 0 Å². The quantitative estimate of drug-likeness (QED) is 0.935. The van der Waals surface area contributed by atoms with Crippen molar-refractivity contribution in [3.05, 3.63) is 34.6 Å². The number of carbonyl (C=O) groups excluding carboxylic acids is 1. The highest BCUT2D eigenvalue weighted by Crippen LogP contribution is 2.27. The highest BCUT2D eigenvalue weighted by molar-refractivity contribution is 7.16. The third-order valence-electron chi connectivity index (χ3n) is 2.47. The zero-order valence-corrected chi connectivity index (χ0v) is 12.2. The van der Waals surface area contributed by atoms with Gasteiger partial charge >= 0.3 is 0 Å². The third kappa shape index (κ3) is 3.08. The summed E-state index contributed by atoms with van der Waals surface area (Å²) in [6.45, 7) is 3.77. The Hall–Kier alpha value is -1.95. The predicted octanol–water partition coefficient (Wildman–Crippen LogP) is 2.47. The maximum absolute atomic E-state index is 12.2. The van der Waals surface area contributed by atoms with E-state index in [2.05, 4.69) is 15.3 Å². The molecule has 0 spiro atoms. The van der Waals surface area contributed by atoms with Crippen LogP contribution in [0.5, 0.6) is 0 Å². The van der Waals surface area contributed by atoms with Crippen molar-refractivity contribution in [2.24, 2.45) is 0 Å². The molecule has 0 bridgehead atoms. The fourth-order valence-electron chi connectivity index (χ4n) is 1.66. The number of hydrogen-bond donors (Lipinski definition) is 1. The number of carbonyl (C=O) groups is 1. The number of aryl methyl sites for hydroxylation is 2. The molecule has 6 heteroatoms. The average molecular weight is 276 g/mol. The Balaban J connectivity index is 2.25. The van der Waals surface area contributed by atoms with Crippen LogP contribution in [0.1, 0.15) is 21.2 Å². The molecular formula is C13H16N4OS. The molecule has 0 aliphatic rings. The lowest BCUT2D eigenvalue weighted by atomic mass is 10.3. The van der Waals surface area contributed by atoms with Crippen LogP contribution in [-0.4, -0.2) is 30.0 Å². The van der Waals surface area contributed by atoms with Gasteiger partial charge in [0.25, 0.3) is 5.91 Å². The number of pyridine rings is 1. The van der Waals surface area contributed by atoms with Crippen molar-refractivity contribution < 1.29 is 4.79 Å². The minimum atomic E-state index is -0.230. The van der Waals surface area contributed by atoms with E-state index in [9.17, 15) is 4.79 Å². The number of rotatable bonds is 3. The topological polar surface area (TPSA) is 58.1 Å². The van der Waals surface area contributed by atoms with Crippen LogP contribution in [0.25, 0.3) is 0 Å². The highest BCUT2D eigenvalue weighted by Gasteiger charge is 2.18. The largest absolute Gasteiger partial charge is 0.368 e. The summed E-state index contributed by atoms with van der Waals surface area (Å²) in [7, 11) is 3.79. The lowest BCUT2D eigenvalue weighted by molar-refractivity contribution is 0.102. The molecule has 0 radical (unpaired) electrons. The summed E-state index contributed by atoms with van der Waals surface area (Å²) in [5.74, 6) is 0.312. The Morgan fingerprint density at radius 1 is 1.26 bits per heavy atom. The van der Waals surface area contributed by atoms with E-state index in [1.165, 1.54) is 11.3 Å². The molecule has 0 unspecified atom stereocenters. The summed E-state index contributed by atoms with van der Waals surface area (Å²) in [5.41, 5.74) is 1.30. The molecule has 2 aromatic rings. The molecule has 0 aliphatic heterocycles. The van der Waals surface area contributed by atoms with Crippen molar-refractivity contribution in [2.45, 2.75) is 13.8 Å². The number of aromatic nitrogens is 2. The number of thiazole rings is 1. The van der Waals surface area contributed by atoms with Gasteiger partial charge in [0, 0.05) is 19.8 Å². The van der Waals surface area contributed by atoms with Crippen molar-refractivity contribution in [3.63, 3.8) is 0 Å². The molecule has 2 rings (SSSR count). The van der Waals surface area contributed by atoms with Gasteiger partial charge in [-0.25, -0.2) is 9.97 Å². The molecule has 0 atom stereocenters. The lowest BCUT2D eigenvalue weighted by Crippen LogP contribution is -2.18. The predicted molar refractivity (Wildman–Crippen MR) is 78.1 cm³/mol. The van der Waals surface area contributed by atoms with Gasteiger partial charge in [0.05, 0.1) is 5.01 Å². The summed E-state index contributed by atoms with van der Waals surface area (Å²) in [6.07, 6.45) is 0. The normalized spacial score (nSPS) is 10.3. The van der Waals surface area contributed by atoms with Crippen LogP contribution < -0.4 is 10.2 Å². The molecule has 19 heavy (non-hydrogen) atoms. The van der Waals surface area contributed by atoms with E-state index >= 15 is 0 Å². The number of nitrogens with zero attached hydrogens (tertiary/aromatic N) is 3. The monoisotopic (exact) mass is 276 g/mol. The molecule has 1 N–H and O–H groups in total. The first-order valence-electron chi connectivity index (χ1n) is 5.87. The third-order valence-corrected chi connectivity index (χ3v) is 3.61. The highest BCUT2D eigenvalue weighted by atomic mass is 32.1. The van der Waals surface area contributed by atoms with Crippen molar-refractivity contribution in [1.82, 2.24) is 9.97 Å². The summed E-state index contributed by atoms with van der Waals surface area (Å²) in [6, 6.07) is 5.50. The number of amides is 1. The number of anilines is 2. The van der Waals surface area contributed by atoms with E-state index in [0.29, 0.717) is 11.5 Å². The minimum absolute atomic E-state index is 0.230. The minimum Gasteiger partial charge on any atom is -0.368 e. The fraction of sp³-hybridized carbons (Fsp3) is 0.308. The summed E-state index contributed by atoms with van der Waals surface area (Å²) in [5, 5.41) is 4.49. The van der Waals surface area contributed by atoms with Gasteiger partial charge in [-0.05, 0) is 26.0 Å². The zero-order chi connectivity index (χ0) is 14.0. The average Bonchev–Trinajstić information content (AvgIpc) is 2.71. The second-order valence-corrected chi connectivity index (χ2v) is 5.58. The number of hydrogen-bond acceptors (Lipinski definition) is 5. The molecule has 0 saturated carbocycles. The van der Waals surface area contributed by atoms with Crippen molar-refractivity contribution in [2.75, 3.05) is 24.3 Å². The standard InChI is InChI=1S/C13H16N4OS/c1-8-6-5-7-10(14-8)16-12(18)11-13(17(3)4)19-9(2)15-11/h5-7H,1-4H3,(H,14,16,18). The summed E-state index contributed by atoms with van der Waals surface area (Å²) < 4.78 is 0. The molecule has 5 nitrogen and oxygen atoms in total. The van der Waals surface area contributed by atoms with Crippen molar-refractivity contribution >= 4 is 28.1 Å². The smallest absolute Gasteiger partial charge is 0.278 e. The van der Waals surface area contributed by atoms with Crippen LogP contribution in [-0.2, 0) is 0 Å². The molecule has 0 saturated heterocycles. The van der Waals surface area contributed by atoms with E-state index in [1.54, 1.807) is 6.07 Å². The Bertz CT molecular complexity index is 606. The second kappa shape index (κ2) is 5.36. The molecule has 0 aromatic carbocycles. The van der Waals surface area contributed by atoms with Crippen LogP contribution in [0.15, 0.2) is 18.2 Å². The number of nitrogens with one attached hydrogen (secondary N) is 1. The van der Waals surface area contributed by atoms with E-state index in [0.717, 1.165) is 15.7 Å². The van der Waals surface area contributed by atoms with E-state index in [4.69, 9.17) is 0 Å². The van der Waals surface area contributed by atoms with Crippen molar-refractivity contribution in [3.8, 4) is 0 Å². The Kier molecular flexibility index (Phi) is 3.80. The van der Waals surface area contributed by atoms with Gasteiger partial charge in [-0.1, -0.05) is 6.07 Å². The van der Waals surface area contributed by atoms with Crippen LogP contribution >= 0.6 is 11.3 Å². The Morgan fingerprint density at radius 2 is 2.00 bits per heavy atom. The Morgan fingerprint density at radius 3 is 2.63 bits per heavy atom. The molecule has 0 fully saturated rings. The lowest BCUT2D eigenvalue weighted by Gasteiger charge is -2.11. The molecule has 2 heterocycles. The van der Waals surface area contributed by atoms with Crippen LogP contribution in [0, 0.1) is 13.8 Å². The fourth-order valence-corrected chi connectivity index (χ4v) is 2.49. The van der Waals surface area contributed by atoms with Gasteiger partial charge in [0.1, 0.15) is 10.8 Å². The Labute approximate surface area is 116 Å². The van der Waals surface area contributed by atoms with Crippen LogP contribution in [0.2, 0.25) is 0 Å². The molecule has 2 aromatic heterocycles. The van der Waals surface area contributed by atoms with Crippen LogP contribution in [0.4, 0.5) is 10.8 Å². The summed E-state index contributed by atoms with van der Waals surface area (Å²) in [4.78, 5) is 22.7. The zero-order valence-electron chi connectivity index (χ0n) is 11.4. The maximum Gasteiger partial charge on any atom is 0.278 e. The SMILES string of the molecule is Cc1cccc(NC(=O)c2nc(C)sc2N(C)C)n1. The molecular weight excluding hydrogens is 260 g/mol. The van der Waals surface area contributed by atoms with Gasteiger partial charge < -0.3 is 10.2 Å². The maximum atomic E-state index is 12.2.